The van der Waals surface area contributed by atoms with Gasteiger partial charge in [-0.2, -0.15) is 0 Å². The van der Waals surface area contributed by atoms with E-state index in [9.17, 15) is 0 Å². The lowest BCUT2D eigenvalue weighted by Crippen LogP contribution is -2.16. The van der Waals surface area contributed by atoms with Gasteiger partial charge in [-0.3, -0.25) is 4.98 Å². The van der Waals surface area contributed by atoms with Gasteiger partial charge in [0.25, 0.3) is 0 Å². The molecule has 2 heteroatoms. The van der Waals surface area contributed by atoms with E-state index in [-0.39, 0.29) is 5.41 Å². The van der Waals surface area contributed by atoms with Crippen LogP contribution in [0.1, 0.15) is 36.1 Å². The number of rotatable bonds is 1. The highest BCUT2D eigenvalue weighted by Crippen LogP contribution is 2.53. The predicted molar refractivity (Wildman–Crippen MR) is 122 cm³/mol. The number of nitrogens with zero attached hydrogens (tertiary/aromatic N) is 1. The molecule has 1 aliphatic rings. The fraction of sp³-hybridized carbons (Fsp3) is 0.192. The highest BCUT2D eigenvalue weighted by atomic mass is 79.9. The molecule has 0 N–H and O–H groups in total. The Morgan fingerprint density at radius 1 is 0.857 bits per heavy atom. The van der Waals surface area contributed by atoms with Crippen LogP contribution in [0.15, 0.2) is 65.3 Å². The maximum atomic E-state index is 4.78. The van der Waals surface area contributed by atoms with Crippen LogP contribution in [-0.4, -0.2) is 4.98 Å². The SMILES string of the molecule is Cc1cc(Br)c2c(c1)-c1cc(C)c(-c3nccc4ccccc34)cc1C2(C)C. The monoisotopic (exact) mass is 427 g/mol. The van der Waals surface area contributed by atoms with Crippen LogP contribution in [0.4, 0.5) is 0 Å². The Morgan fingerprint density at radius 2 is 1.64 bits per heavy atom. The molecule has 28 heavy (non-hydrogen) atoms. The van der Waals surface area contributed by atoms with E-state index in [0.29, 0.717) is 0 Å². The Morgan fingerprint density at radius 3 is 2.46 bits per heavy atom. The topological polar surface area (TPSA) is 12.9 Å². The first-order chi connectivity index (χ1) is 13.4. The Hall–Kier alpha value is -2.45. The molecule has 1 aliphatic carbocycles. The molecule has 0 saturated heterocycles. The fourth-order valence-electron chi connectivity index (χ4n) is 4.76. The Balaban J connectivity index is 1.82. The van der Waals surface area contributed by atoms with Crippen LogP contribution in [0.25, 0.3) is 33.2 Å². The summed E-state index contributed by atoms with van der Waals surface area (Å²) in [5, 5.41) is 2.44. The van der Waals surface area contributed by atoms with Crippen molar-refractivity contribution in [3.63, 3.8) is 0 Å². The second-order valence-corrected chi connectivity index (χ2v) is 9.24. The quantitative estimate of drug-likeness (QED) is 0.304. The zero-order chi connectivity index (χ0) is 19.6. The van der Waals surface area contributed by atoms with Crippen molar-refractivity contribution in [2.75, 3.05) is 0 Å². The third kappa shape index (κ3) is 2.41. The van der Waals surface area contributed by atoms with E-state index in [1.165, 1.54) is 54.2 Å². The maximum Gasteiger partial charge on any atom is 0.0783 e. The van der Waals surface area contributed by atoms with Gasteiger partial charge in [0.2, 0.25) is 0 Å². The predicted octanol–water partition coefficient (Wildman–Crippen LogP) is 7.59. The van der Waals surface area contributed by atoms with Gasteiger partial charge in [0.15, 0.2) is 0 Å². The van der Waals surface area contributed by atoms with E-state index in [1.54, 1.807) is 0 Å². The zero-order valence-corrected chi connectivity index (χ0v) is 18.2. The lowest BCUT2D eigenvalue weighted by molar-refractivity contribution is 0.657. The molecule has 1 aromatic heterocycles. The normalized spacial score (nSPS) is 14.2. The van der Waals surface area contributed by atoms with Gasteiger partial charge in [-0.25, -0.2) is 0 Å². The van der Waals surface area contributed by atoms with Gasteiger partial charge >= 0.3 is 0 Å². The Labute approximate surface area is 174 Å². The van der Waals surface area contributed by atoms with Crippen molar-refractivity contribution < 1.29 is 0 Å². The molecule has 0 aliphatic heterocycles. The minimum atomic E-state index is -0.0514. The molecule has 0 bridgehead atoms. The van der Waals surface area contributed by atoms with E-state index in [4.69, 9.17) is 4.98 Å². The minimum Gasteiger partial charge on any atom is -0.256 e. The molecule has 1 heterocycles. The lowest BCUT2D eigenvalue weighted by Gasteiger charge is -2.24. The van der Waals surface area contributed by atoms with Crippen molar-refractivity contribution in [1.29, 1.82) is 0 Å². The van der Waals surface area contributed by atoms with Crippen molar-refractivity contribution in [1.82, 2.24) is 4.98 Å². The number of benzene rings is 3. The summed E-state index contributed by atoms with van der Waals surface area (Å²) in [6, 6.07) is 19.9. The zero-order valence-electron chi connectivity index (χ0n) is 16.6. The second-order valence-electron chi connectivity index (χ2n) is 8.39. The number of fused-ring (bicyclic) bond motifs is 4. The third-order valence-electron chi connectivity index (χ3n) is 6.12. The van der Waals surface area contributed by atoms with Crippen molar-refractivity contribution in [2.45, 2.75) is 33.1 Å². The molecule has 0 radical (unpaired) electrons. The highest BCUT2D eigenvalue weighted by Gasteiger charge is 2.38. The first kappa shape index (κ1) is 17.6. The van der Waals surface area contributed by atoms with Crippen molar-refractivity contribution in [2.24, 2.45) is 0 Å². The van der Waals surface area contributed by atoms with E-state index >= 15 is 0 Å². The van der Waals surface area contributed by atoms with Gasteiger partial charge < -0.3 is 0 Å². The number of hydrogen-bond donors (Lipinski definition) is 0. The first-order valence-corrected chi connectivity index (χ1v) is 10.5. The van der Waals surface area contributed by atoms with E-state index in [2.05, 4.69) is 98.2 Å². The summed E-state index contributed by atoms with van der Waals surface area (Å²) in [6.45, 7) is 9.02. The van der Waals surface area contributed by atoms with Gasteiger partial charge in [-0.05, 0) is 70.8 Å². The van der Waals surface area contributed by atoms with Crippen LogP contribution in [0.5, 0.6) is 0 Å². The largest absolute Gasteiger partial charge is 0.256 e. The van der Waals surface area contributed by atoms with Crippen LogP contribution in [-0.2, 0) is 5.41 Å². The van der Waals surface area contributed by atoms with Gasteiger partial charge in [0, 0.05) is 27.0 Å². The Bertz CT molecular complexity index is 1260. The Kier molecular flexibility index (Phi) is 3.79. The molecule has 5 rings (SSSR count). The molecule has 138 valence electrons. The van der Waals surface area contributed by atoms with Gasteiger partial charge in [-0.1, -0.05) is 66.2 Å². The van der Waals surface area contributed by atoms with Crippen LogP contribution in [0, 0.1) is 13.8 Å². The van der Waals surface area contributed by atoms with Crippen LogP contribution in [0.2, 0.25) is 0 Å². The molecule has 0 atom stereocenters. The molecule has 0 fully saturated rings. The standard InChI is InChI=1S/C26H22BrN/c1-15-11-21-20-13-16(2)19(14-22(20)26(3,4)24(21)23(27)12-15)25-18-8-6-5-7-17(18)9-10-28-25/h5-14H,1-4H3. The number of halogens is 1. The lowest BCUT2D eigenvalue weighted by atomic mass is 9.81. The number of hydrogen-bond acceptors (Lipinski definition) is 1. The summed E-state index contributed by atoms with van der Waals surface area (Å²) < 4.78 is 1.20. The average molecular weight is 428 g/mol. The molecule has 0 saturated carbocycles. The fourth-order valence-corrected chi connectivity index (χ4v) is 5.83. The van der Waals surface area contributed by atoms with Gasteiger partial charge in [-0.15, -0.1) is 0 Å². The molecular formula is C26H22BrN. The number of aryl methyl sites for hydroxylation is 2. The molecule has 3 aromatic carbocycles. The minimum absolute atomic E-state index is 0.0514. The van der Waals surface area contributed by atoms with E-state index < -0.39 is 0 Å². The maximum absolute atomic E-state index is 4.78. The van der Waals surface area contributed by atoms with Crippen molar-refractivity contribution >= 4 is 26.7 Å². The van der Waals surface area contributed by atoms with E-state index in [1.807, 2.05) is 6.20 Å². The summed E-state index contributed by atoms with van der Waals surface area (Å²) >= 11 is 3.83. The molecule has 1 nitrogen and oxygen atoms in total. The number of pyridine rings is 1. The van der Waals surface area contributed by atoms with Crippen molar-refractivity contribution in [3.05, 3.63) is 87.5 Å². The average Bonchev–Trinajstić information content (AvgIpc) is 2.87. The summed E-state index contributed by atoms with van der Waals surface area (Å²) in [4.78, 5) is 4.78. The van der Waals surface area contributed by atoms with Crippen molar-refractivity contribution in [3.8, 4) is 22.4 Å². The first-order valence-electron chi connectivity index (χ1n) is 9.68. The van der Waals surface area contributed by atoms with Gasteiger partial charge in [0.1, 0.15) is 0 Å². The van der Waals surface area contributed by atoms with Crippen LogP contribution < -0.4 is 0 Å². The molecule has 4 aromatic rings. The molecule has 0 spiro atoms. The van der Waals surface area contributed by atoms with Crippen LogP contribution in [0.3, 0.4) is 0 Å². The molecular weight excluding hydrogens is 406 g/mol. The van der Waals surface area contributed by atoms with E-state index in [0.717, 1.165) is 5.69 Å². The smallest absolute Gasteiger partial charge is 0.0783 e. The second kappa shape index (κ2) is 6.02. The number of aromatic nitrogens is 1. The molecule has 0 amide bonds. The summed E-state index contributed by atoms with van der Waals surface area (Å²) in [7, 11) is 0. The van der Waals surface area contributed by atoms with Crippen LogP contribution >= 0.6 is 15.9 Å². The third-order valence-corrected chi connectivity index (χ3v) is 6.74. The molecule has 0 unspecified atom stereocenters. The summed E-state index contributed by atoms with van der Waals surface area (Å²) in [5.74, 6) is 0. The highest BCUT2D eigenvalue weighted by molar-refractivity contribution is 9.10. The summed E-state index contributed by atoms with van der Waals surface area (Å²) in [5.41, 5.74) is 10.3. The van der Waals surface area contributed by atoms with Gasteiger partial charge in [0.05, 0.1) is 5.69 Å². The summed E-state index contributed by atoms with van der Waals surface area (Å²) in [6.07, 6.45) is 1.92.